The van der Waals surface area contributed by atoms with Gasteiger partial charge in [-0.25, -0.2) is 8.42 Å². The Bertz CT molecular complexity index is 971. The molecule has 0 fully saturated rings. The molecular formula is C23H32N2O4S. The van der Waals surface area contributed by atoms with E-state index in [1.807, 2.05) is 70.2 Å². The molecule has 0 spiro atoms. The number of carbonyl (C=O) groups excluding carboxylic acids is 1. The summed E-state index contributed by atoms with van der Waals surface area (Å²) in [6.45, 7) is 7.56. The van der Waals surface area contributed by atoms with E-state index in [2.05, 4.69) is 5.32 Å². The van der Waals surface area contributed by atoms with Crippen LogP contribution in [0.15, 0.2) is 42.5 Å². The van der Waals surface area contributed by atoms with E-state index in [0.29, 0.717) is 18.5 Å². The van der Waals surface area contributed by atoms with Gasteiger partial charge in [0.05, 0.1) is 25.1 Å². The second-order valence-corrected chi connectivity index (χ2v) is 9.37. The molecule has 0 saturated heterocycles. The number of hydrogen-bond acceptors (Lipinski definition) is 4. The maximum absolute atomic E-state index is 13.3. The number of amides is 1. The Morgan fingerprint density at radius 1 is 1.07 bits per heavy atom. The summed E-state index contributed by atoms with van der Waals surface area (Å²) in [5.41, 5.74) is 3.22. The zero-order valence-corrected chi connectivity index (χ0v) is 19.4. The van der Waals surface area contributed by atoms with Crippen LogP contribution in [0.5, 0.6) is 5.75 Å². The lowest BCUT2D eigenvalue weighted by atomic mass is 10.0. The van der Waals surface area contributed by atoms with E-state index >= 15 is 0 Å². The molecule has 0 radical (unpaired) electrons. The van der Waals surface area contributed by atoms with E-state index in [0.717, 1.165) is 28.7 Å². The summed E-state index contributed by atoms with van der Waals surface area (Å²) in [4.78, 5) is 13.3. The largest absolute Gasteiger partial charge is 0.497 e. The van der Waals surface area contributed by atoms with E-state index in [1.54, 1.807) is 7.11 Å². The Labute approximate surface area is 180 Å². The van der Waals surface area contributed by atoms with Crippen molar-refractivity contribution in [3.05, 3.63) is 59.2 Å². The monoisotopic (exact) mass is 432 g/mol. The summed E-state index contributed by atoms with van der Waals surface area (Å²) >= 11 is 0. The van der Waals surface area contributed by atoms with Crippen LogP contribution >= 0.6 is 0 Å². The maximum atomic E-state index is 13.3. The minimum atomic E-state index is -3.67. The van der Waals surface area contributed by atoms with Gasteiger partial charge in [0.1, 0.15) is 11.8 Å². The van der Waals surface area contributed by atoms with E-state index in [-0.39, 0.29) is 11.9 Å². The van der Waals surface area contributed by atoms with Gasteiger partial charge in [0, 0.05) is 0 Å². The molecule has 1 amide bonds. The molecule has 6 nitrogen and oxygen atoms in total. The first-order valence-electron chi connectivity index (χ1n) is 10.1. The first kappa shape index (κ1) is 23.7. The van der Waals surface area contributed by atoms with Gasteiger partial charge in [0.25, 0.3) is 0 Å². The molecule has 2 aromatic rings. The maximum Gasteiger partial charge on any atom is 0.244 e. The molecule has 164 valence electrons. The molecule has 0 aliphatic rings. The standard InChI is InChI=1S/C23H32N2O4S/c1-7-20(18-11-13-19(29-5)14-12-18)24-23(26)21(8-2)25(30(6,27)28)22-15-16(3)9-10-17(22)4/h9-15,20-21H,7-8H2,1-6H3,(H,24,26)/t20-,21+/m1/s1. The first-order chi connectivity index (χ1) is 14.1. The molecule has 0 aliphatic carbocycles. The van der Waals surface area contributed by atoms with Crippen LogP contribution < -0.4 is 14.4 Å². The van der Waals surface area contributed by atoms with Crippen molar-refractivity contribution >= 4 is 21.6 Å². The van der Waals surface area contributed by atoms with Crippen LogP contribution in [-0.2, 0) is 14.8 Å². The molecule has 7 heteroatoms. The highest BCUT2D eigenvalue weighted by molar-refractivity contribution is 7.92. The number of hydrogen-bond donors (Lipinski definition) is 1. The summed E-state index contributed by atoms with van der Waals surface area (Å²) in [5, 5.41) is 3.04. The summed E-state index contributed by atoms with van der Waals surface area (Å²) in [6, 6.07) is 12.1. The van der Waals surface area contributed by atoms with Crippen molar-refractivity contribution < 1.29 is 17.9 Å². The third-order valence-corrected chi connectivity index (χ3v) is 6.34. The quantitative estimate of drug-likeness (QED) is 0.647. The topological polar surface area (TPSA) is 75.7 Å². The fraction of sp³-hybridized carbons (Fsp3) is 0.435. The van der Waals surface area contributed by atoms with Gasteiger partial charge in [0.15, 0.2) is 0 Å². The van der Waals surface area contributed by atoms with Crippen molar-refractivity contribution in [1.29, 1.82) is 0 Å². The molecule has 0 heterocycles. The first-order valence-corrected chi connectivity index (χ1v) is 12.0. The highest BCUT2D eigenvalue weighted by atomic mass is 32.2. The van der Waals surface area contributed by atoms with Crippen LogP contribution in [0, 0.1) is 13.8 Å². The van der Waals surface area contributed by atoms with Crippen molar-refractivity contribution in [2.75, 3.05) is 17.7 Å². The lowest BCUT2D eigenvalue weighted by Crippen LogP contribution is -2.50. The van der Waals surface area contributed by atoms with Crippen LogP contribution in [-0.4, -0.2) is 33.7 Å². The van der Waals surface area contributed by atoms with E-state index in [1.165, 1.54) is 4.31 Å². The third kappa shape index (κ3) is 5.53. The van der Waals surface area contributed by atoms with E-state index in [4.69, 9.17) is 4.74 Å². The number of anilines is 1. The van der Waals surface area contributed by atoms with Crippen LogP contribution in [0.3, 0.4) is 0 Å². The van der Waals surface area contributed by atoms with Crippen LogP contribution in [0.25, 0.3) is 0 Å². The number of methoxy groups -OCH3 is 1. The van der Waals surface area contributed by atoms with Crippen molar-refractivity contribution in [3.8, 4) is 5.75 Å². The molecular weight excluding hydrogens is 400 g/mol. The Hall–Kier alpha value is -2.54. The van der Waals surface area contributed by atoms with Crippen molar-refractivity contribution in [3.63, 3.8) is 0 Å². The average molecular weight is 433 g/mol. The molecule has 30 heavy (non-hydrogen) atoms. The zero-order valence-electron chi connectivity index (χ0n) is 18.6. The number of benzene rings is 2. The number of nitrogens with one attached hydrogen (secondary N) is 1. The Morgan fingerprint density at radius 2 is 1.70 bits per heavy atom. The highest BCUT2D eigenvalue weighted by Gasteiger charge is 2.33. The summed E-state index contributed by atoms with van der Waals surface area (Å²) in [5.74, 6) is 0.427. The van der Waals surface area contributed by atoms with Gasteiger partial charge in [-0.2, -0.15) is 0 Å². The lowest BCUT2D eigenvalue weighted by Gasteiger charge is -2.32. The highest BCUT2D eigenvalue weighted by Crippen LogP contribution is 2.28. The molecule has 2 aromatic carbocycles. The van der Waals surface area contributed by atoms with Crippen LogP contribution in [0.4, 0.5) is 5.69 Å². The number of nitrogens with zero attached hydrogens (tertiary/aromatic N) is 1. The van der Waals surface area contributed by atoms with Gasteiger partial charge in [-0.1, -0.05) is 38.1 Å². The zero-order chi connectivity index (χ0) is 22.5. The number of rotatable bonds is 9. The van der Waals surface area contributed by atoms with Crippen molar-refractivity contribution in [2.45, 2.75) is 52.6 Å². The SMILES string of the molecule is CC[C@@H](NC(=O)[C@H](CC)N(c1cc(C)ccc1C)S(C)(=O)=O)c1ccc(OC)cc1. The molecule has 0 aromatic heterocycles. The van der Waals surface area contributed by atoms with Crippen molar-refractivity contribution in [2.24, 2.45) is 0 Å². The minimum Gasteiger partial charge on any atom is -0.497 e. The van der Waals surface area contributed by atoms with E-state index in [9.17, 15) is 13.2 Å². The van der Waals surface area contributed by atoms with E-state index < -0.39 is 16.1 Å². The lowest BCUT2D eigenvalue weighted by molar-refractivity contribution is -0.123. The predicted molar refractivity (Wildman–Crippen MR) is 121 cm³/mol. The Balaban J connectivity index is 2.38. The van der Waals surface area contributed by atoms with Crippen LogP contribution in [0.1, 0.15) is 49.4 Å². The normalized spacial score (nSPS) is 13.4. The Morgan fingerprint density at radius 3 is 2.20 bits per heavy atom. The van der Waals surface area contributed by atoms with Gasteiger partial charge < -0.3 is 10.1 Å². The smallest absolute Gasteiger partial charge is 0.244 e. The fourth-order valence-electron chi connectivity index (χ4n) is 3.52. The second-order valence-electron chi connectivity index (χ2n) is 7.52. The molecule has 1 N–H and O–H groups in total. The van der Waals surface area contributed by atoms with Gasteiger partial charge in [-0.3, -0.25) is 9.10 Å². The average Bonchev–Trinajstić information content (AvgIpc) is 2.71. The molecule has 0 saturated carbocycles. The molecule has 0 aliphatic heterocycles. The molecule has 0 bridgehead atoms. The van der Waals surface area contributed by atoms with Gasteiger partial charge in [-0.15, -0.1) is 0 Å². The number of aryl methyl sites for hydroxylation is 2. The predicted octanol–water partition coefficient (Wildman–Crippen LogP) is 4.12. The second kappa shape index (κ2) is 9.98. The summed E-state index contributed by atoms with van der Waals surface area (Å²) < 4.78 is 31.9. The van der Waals surface area contributed by atoms with Gasteiger partial charge in [-0.05, 0) is 61.6 Å². The van der Waals surface area contributed by atoms with Gasteiger partial charge in [0.2, 0.25) is 15.9 Å². The number of ether oxygens (including phenoxy) is 1. The number of carbonyl (C=O) groups is 1. The Kier molecular flexibility index (Phi) is 7.89. The fourth-order valence-corrected chi connectivity index (χ4v) is 4.78. The summed E-state index contributed by atoms with van der Waals surface area (Å²) in [7, 11) is -2.07. The van der Waals surface area contributed by atoms with Crippen LogP contribution in [0.2, 0.25) is 0 Å². The molecule has 0 unspecified atom stereocenters. The number of sulfonamides is 1. The summed E-state index contributed by atoms with van der Waals surface area (Å²) in [6.07, 6.45) is 2.17. The molecule has 2 rings (SSSR count). The minimum absolute atomic E-state index is 0.225. The van der Waals surface area contributed by atoms with Gasteiger partial charge >= 0.3 is 0 Å². The van der Waals surface area contributed by atoms with Crippen molar-refractivity contribution in [1.82, 2.24) is 5.32 Å². The third-order valence-electron chi connectivity index (χ3n) is 5.17. The molecule has 2 atom stereocenters.